The van der Waals surface area contributed by atoms with Crippen LogP contribution >= 0.6 is 0 Å². The number of hydrogen-bond donors (Lipinski definition) is 0. The lowest BCUT2D eigenvalue weighted by Crippen LogP contribution is -1.88. The van der Waals surface area contributed by atoms with Crippen LogP contribution in [0.3, 0.4) is 0 Å². The SMILES string of the molecule is c1ccc(-c2cc3c4cc(-c5ccccc5)nc5c6cc7c8nc(-c9ccccc9)cc9c%10cc(-c%11ccccc%11)ncc%10n(c7cc6n(c3cn2)c45)c98)cc1. The second kappa shape index (κ2) is 10.9. The third-order valence-corrected chi connectivity index (χ3v) is 11.6. The van der Waals surface area contributed by atoms with E-state index in [1.165, 1.54) is 0 Å². The highest BCUT2D eigenvalue weighted by molar-refractivity contribution is 6.28. The molecular formula is C50H28N6. The molecule has 5 aromatic carbocycles. The second-order valence-corrected chi connectivity index (χ2v) is 14.7. The standard InChI is InChI=1S/C50H28N6/c1-5-13-29(14-6-1)39-22-33-35-24-41(31-17-9-3-10-18-31)53-47-37-21-38-44(26-43(37)55(49(35)47)45(33)27-51-39)56-46-28-52-40(30-15-7-2-8-16-30)23-34(46)36-25-42(54-48(38)50(36)56)32-19-11-4-12-20-32/h1-28H. The second-order valence-electron chi connectivity index (χ2n) is 14.7. The highest BCUT2D eigenvalue weighted by Gasteiger charge is 2.26. The molecule has 258 valence electrons. The fourth-order valence-corrected chi connectivity index (χ4v) is 9.11. The van der Waals surface area contributed by atoms with E-state index in [1.54, 1.807) is 0 Å². The Morgan fingerprint density at radius 2 is 0.661 bits per heavy atom. The predicted molar refractivity (Wildman–Crippen MR) is 229 cm³/mol. The van der Waals surface area contributed by atoms with Crippen LogP contribution in [0.5, 0.6) is 0 Å². The zero-order valence-electron chi connectivity index (χ0n) is 29.8. The number of fused-ring (bicyclic) bond motifs is 12. The molecule has 0 bridgehead atoms. The molecule has 0 N–H and O–H groups in total. The van der Waals surface area contributed by atoms with Crippen molar-refractivity contribution < 1.29 is 0 Å². The molecule has 0 saturated carbocycles. The van der Waals surface area contributed by atoms with Crippen molar-refractivity contribution in [3.63, 3.8) is 0 Å². The molecule has 0 aliphatic rings. The summed E-state index contributed by atoms with van der Waals surface area (Å²) in [7, 11) is 0. The van der Waals surface area contributed by atoms with E-state index in [1.807, 2.05) is 24.5 Å². The fraction of sp³-hybridized carbons (Fsp3) is 0. The van der Waals surface area contributed by atoms with Crippen LogP contribution in [0.15, 0.2) is 170 Å². The highest BCUT2D eigenvalue weighted by Crippen LogP contribution is 2.46. The van der Waals surface area contributed by atoms with E-state index in [4.69, 9.17) is 19.9 Å². The van der Waals surface area contributed by atoms with Crippen molar-refractivity contribution in [2.75, 3.05) is 0 Å². The van der Waals surface area contributed by atoms with Crippen LogP contribution in [0.2, 0.25) is 0 Å². The van der Waals surface area contributed by atoms with Crippen molar-refractivity contribution in [1.29, 1.82) is 0 Å². The normalized spacial score (nSPS) is 12.3. The van der Waals surface area contributed by atoms with E-state index in [9.17, 15) is 0 Å². The molecule has 0 spiro atoms. The minimum Gasteiger partial charge on any atom is -0.305 e. The lowest BCUT2D eigenvalue weighted by molar-refractivity contribution is 1.29. The van der Waals surface area contributed by atoms with Gasteiger partial charge in [-0.05, 0) is 36.4 Å². The summed E-state index contributed by atoms with van der Waals surface area (Å²) in [5.41, 5.74) is 16.6. The Labute approximate surface area is 319 Å². The molecule has 6 heteroatoms. The maximum absolute atomic E-state index is 5.45. The molecule has 13 rings (SSSR count). The molecule has 6 nitrogen and oxygen atoms in total. The summed E-state index contributed by atoms with van der Waals surface area (Å²) < 4.78 is 4.75. The van der Waals surface area contributed by atoms with Crippen LogP contribution in [0.4, 0.5) is 0 Å². The maximum Gasteiger partial charge on any atom is 0.0977 e. The van der Waals surface area contributed by atoms with E-state index in [0.717, 1.165) is 121 Å². The van der Waals surface area contributed by atoms with Gasteiger partial charge in [-0.3, -0.25) is 9.97 Å². The Morgan fingerprint density at radius 3 is 1.05 bits per heavy atom. The minimum absolute atomic E-state index is 0.947. The van der Waals surface area contributed by atoms with Crippen LogP contribution in [-0.4, -0.2) is 28.7 Å². The maximum atomic E-state index is 5.45. The molecule has 56 heavy (non-hydrogen) atoms. The number of benzene rings is 5. The lowest BCUT2D eigenvalue weighted by atomic mass is 10.0. The van der Waals surface area contributed by atoms with Gasteiger partial charge in [0.05, 0.1) is 79.3 Å². The Morgan fingerprint density at radius 1 is 0.304 bits per heavy atom. The first-order valence-corrected chi connectivity index (χ1v) is 18.9. The molecule has 0 fully saturated rings. The minimum atomic E-state index is 0.947. The number of hydrogen-bond acceptors (Lipinski definition) is 4. The van der Waals surface area contributed by atoms with Crippen molar-refractivity contribution in [2.24, 2.45) is 0 Å². The zero-order valence-corrected chi connectivity index (χ0v) is 29.8. The van der Waals surface area contributed by atoms with Gasteiger partial charge in [0.2, 0.25) is 0 Å². The van der Waals surface area contributed by atoms with Gasteiger partial charge in [-0.1, -0.05) is 121 Å². The summed E-state index contributed by atoms with van der Waals surface area (Å²) in [6, 6.07) is 55.5. The summed E-state index contributed by atoms with van der Waals surface area (Å²) in [5.74, 6) is 0. The van der Waals surface area contributed by atoms with Crippen LogP contribution in [0.1, 0.15) is 0 Å². The zero-order chi connectivity index (χ0) is 36.5. The van der Waals surface area contributed by atoms with Crippen LogP contribution in [0, 0.1) is 0 Å². The third kappa shape index (κ3) is 3.99. The van der Waals surface area contributed by atoms with Crippen LogP contribution in [0.25, 0.3) is 121 Å². The van der Waals surface area contributed by atoms with E-state index in [2.05, 4.69) is 154 Å². The van der Waals surface area contributed by atoms with Crippen molar-refractivity contribution in [3.8, 4) is 45.0 Å². The van der Waals surface area contributed by atoms with Crippen LogP contribution < -0.4 is 0 Å². The van der Waals surface area contributed by atoms with Crippen LogP contribution in [-0.2, 0) is 0 Å². The molecule has 0 amide bonds. The van der Waals surface area contributed by atoms with E-state index < -0.39 is 0 Å². The Balaban J connectivity index is 1.18. The van der Waals surface area contributed by atoms with E-state index in [0.29, 0.717) is 0 Å². The fourth-order valence-electron chi connectivity index (χ4n) is 9.11. The average Bonchev–Trinajstić information content (AvgIpc) is 3.99. The summed E-state index contributed by atoms with van der Waals surface area (Å²) >= 11 is 0. The molecule has 0 unspecified atom stereocenters. The number of pyridine rings is 4. The van der Waals surface area contributed by atoms with E-state index >= 15 is 0 Å². The van der Waals surface area contributed by atoms with Gasteiger partial charge >= 0.3 is 0 Å². The Bertz CT molecular complexity index is 3430. The molecule has 0 atom stereocenters. The summed E-state index contributed by atoms with van der Waals surface area (Å²) in [6.07, 6.45) is 4.07. The van der Waals surface area contributed by atoms with Gasteiger partial charge in [0.1, 0.15) is 0 Å². The summed E-state index contributed by atoms with van der Waals surface area (Å²) in [6.45, 7) is 0. The van der Waals surface area contributed by atoms with Crippen molar-refractivity contribution in [3.05, 3.63) is 170 Å². The molecule has 0 aliphatic heterocycles. The average molecular weight is 713 g/mol. The smallest absolute Gasteiger partial charge is 0.0977 e. The molecule has 0 saturated heterocycles. The Hall–Kier alpha value is -7.70. The van der Waals surface area contributed by atoms with Gasteiger partial charge in [0.25, 0.3) is 0 Å². The largest absolute Gasteiger partial charge is 0.305 e. The van der Waals surface area contributed by atoms with Gasteiger partial charge in [-0.15, -0.1) is 0 Å². The highest BCUT2D eigenvalue weighted by atomic mass is 15.0. The molecule has 0 radical (unpaired) electrons. The molecule has 8 aromatic heterocycles. The number of rotatable bonds is 4. The lowest BCUT2D eigenvalue weighted by Gasteiger charge is -2.06. The first-order chi connectivity index (χ1) is 27.8. The number of nitrogens with zero attached hydrogens (tertiary/aromatic N) is 6. The molecule has 13 aromatic rings. The first-order valence-electron chi connectivity index (χ1n) is 18.9. The molecule has 0 aliphatic carbocycles. The van der Waals surface area contributed by atoms with Gasteiger partial charge in [-0.2, -0.15) is 0 Å². The monoisotopic (exact) mass is 712 g/mol. The third-order valence-electron chi connectivity index (χ3n) is 11.6. The van der Waals surface area contributed by atoms with E-state index in [-0.39, 0.29) is 0 Å². The molecular weight excluding hydrogens is 685 g/mol. The van der Waals surface area contributed by atoms with Crippen molar-refractivity contribution in [2.45, 2.75) is 0 Å². The Kier molecular flexibility index (Phi) is 5.80. The topological polar surface area (TPSA) is 60.4 Å². The van der Waals surface area contributed by atoms with Crippen molar-refractivity contribution in [1.82, 2.24) is 28.7 Å². The summed E-state index contributed by atoms with van der Waals surface area (Å²) in [5, 5.41) is 6.83. The number of aromatic nitrogens is 6. The first kappa shape index (κ1) is 29.7. The van der Waals surface area contributed by atoms with Gasteiger partial charge < -0.3 is 8.80 Å². The van der Waals surface area contributed by atoms with Gasteiger partial charge in [0.15, 0.2) is 0 Å². The summed E-state index contributed by atoms with van der Waals surface area (Å²) in [4.78, 5) is 21.0. The quantitative estimate of drug-likeness (QED) is 0.182. The van der Waals surface area contributed by atoms with Gasteiger partial charge in [-0.25, -0.2) is 9.97 Å². The molecule has 8 heterocycles. The predicted octanol–water partition coefficient (Wildman–Crippen LogP) is 12.2. The van der Waals surface area contributed by atoms with Gasteiger partial charge in [0, 0.05) is 54.6 Å². The van der Waals surface area contributed by atoms with Crippen molar-refractivity contribution >= 4 is 76.5 Å².